The highest BCUT2D eigenvalue weighted by Crippen LogP contribution is 2.66. The molecule has 0 heterocycles. The van der Waals surface area contributed by atoms with Gasteiger partial charge in [0.15, 0.2) is 0 Å². The Balaban J connectivity index is 1.97. The molecule has 18 heavy (non-hydrogen) atoms. The van der Waals surface area contributed by atoms with E-state index in [9.17, 15) is 0 Å². The maximum atomic E-state index is 6.36. The topological polar surface area (TPSA) is 9.23 Å². The number of ether oxygens (including phenoxy) is 1. The van der Waals surface area contributed by atoms with Crippen LogP contribution in [-0.2, 0) is 4.74 Å². The summed E-state index contributed by atoms with van der Waals surface area (Å²) in [6, 6.07) is 0. The van der Waals surface area contributed by atoms with Crippen LogP contribution >= 0.6 is 15.9 Å². The van der Waals surface area contributed by atoms with Crippen molar-refractivity contribution in [3.05, 3.63) is 0 Å². The molecule has 0 radical (unpaired) electrons. The highest BCUT2D eigenvalue weighted by Gasteiger charge is 2.61. The molecular formula is C16H29BrO. The van der Waals surface area contributed by atoms with Gasteiger partial charge in [0.1, 0.15) is 0 Å². The van der Waals surface area contributed by atoms with Gasteiger partial charge < -0.3 is 4.74 Å². The van der Waals surface area contributed by atoms with Crippen LogP contribution in [0.4, 0.5) is 0 Å². The molecule has 0 spiro atoms. The summed E-state index contributed by atoms with van der Waals surface area (Å²) < 4.78 is 6.36. The lowest BCUT2D eigenvalue weighted by Crippen LogP contribution is -2.38. The molecule has 2 saturated carbocycles. The fourth-order valence-electron chi connectivity index (χ4n) is 4.04. The molecule has 2 fully saturated rings. The largest absolute Gasteiger partial charge is 0.377 e. The third-order valence-corrected chi connectivity index (χ3v) is 7.20. The first-order valence-electron chi connectivity index (χ1n) is 7.50. The van der Waals surface area contributed by atoms with E-state index < -0.39 is 0 Å². The summed E-state index contributed by atoms with van der Waals surface area (Å²) in [7, 11) is 0. The van der Waals surface area contributed by atoms with Crippen molar-refractivity contribution in [2.45, 2.75) is 60.0 Å². The second kappa shape index (κ2) is 5.09. The Labute approximate surface area is 121 Å². The number of halogens is 1. The van der Waals surface area contributed by atoms with Crippen LogP contribution in [0.2, 0.25) is 0 Å². The molecule has 2 aliphatic rings. The zero-order valence-corrected chi connectivity index (χ0v) is 14.2. The molecule has 2 heteroatoms. The van der Waals surface area contributed by atoms with Crippen LogP contribution in [0.15, 0.2) is 0 Å². The molecule has 0 aromatic rings. The van der Waals surface area contributed by atoms with Crippen molar-refractivity contribution in [3.63, 3.8) is 0 Å². The lowest BCUT2D eigenvalue weighted by Gasteiger charge is -2.39. The SMILES string of the molecule is CC(C)C(CBr)COC1CC2CCC1(C)C2(C)C. The first kappa shape index (κ1) is 14.8. The molecular weight excluding hydrogens is 288 g/mol. The number of rotatable bonds is 5. The van der Waals surface area contributed by atoms with Gasteiger partial charge in [-0.1, -0.05) is 50.5 Å². The average molecular weight is 317 g/mol. The normalized spacial score (nSPS) is 39.5. The summed E-state index contributed by atoms with van der Waals surface area (Å²) in [5.41, 5.74) is 0.880. The fraction of sp³-hybridized carbons (Fsp3) is 1.00. The highest BCUT2D eigenvalue weighted by atomic mass is 79.9. The average Bonchev–Trinajstić information content (AvgIpc) is 2.62. The van der Waals surface area contributed by atoms with Crippen molar-refractivity contribution in [3.8, 4) is 0 Å². The predicted molar refractivity (Wildman–Crippen MR) is 81.1 cm³/mol. The Morgan fingerprint density at radius 1 is 1.28 bits per heavy atom. The van der Waals surface area contributed by atoms with Crippen molar-refractivity contribution in [1.82, 2.24) is 0 Å². The number of hydrogen-bond acceptors (Lipinski definition) is 1. The Morgan fingerprint density at radius 3 is 2.33 bits per heavy atom. The zero-order valence-electron chi connectivity index (χ0n) is 12.6. The minimum absolute atomic E-state index is 0.408. The van der Waals surface area contributed by atoms with Gasteiger partial charge in [0.25, 0.3) is 0 Å². The van der Waals surface area contributed by atoms with Gasteiger partial charge in [0.2, 0.25) is 0 Å². The predicted octanol–water partition coefficient (Wildman–Crippen LogP) is 4.88. The van der Waals surface area contributed by atoms with E-state index in [0.717, 1.165) is 17.9 Å². The van der Waals surface area contributed by atoms with Crippen LogP contribution in [0.5, 0.6) is 0 Å². The van der Waals surface area contributed by atoms with Gasteiger partial charge in [0.05, 0.1) is 12.7 Å². The van der Waals surface area contributed by atoms with Gasteiger partial charge in [-0.3, -0.25) is 0 Å². The van der Waals surface area contributed by atoms with Crippen LogP contribution in [0.1, 0.15) is 53.9 Å². The minimum atomic E-state index is 0.408. The third-order valence-electron chi connectivity index (χ3n) is 6.37. The summed E-state index contributed by atoms with van der Waals surface area (Å²) in [5.74, 6) is 2.23. The Morgan fingerprint density at radius 2 is 1.94 bits per heavy atom. The van der Waals surface area contributed by atoms with Crippen molar-refractivity contribution in [2.24, 2.45) is 28.6 Å². The third kappa shape index (κ3) is 2.18. The summed E-state index contributed by atoms with van der Waals surface area (Å²) in [5, 5.41) is 1.06. The molecule has 0 amide bonds. The number of alkyl halides is 1. The lowest BCUT2D eigenvalue weighted by molar-refractivity contribution is -0.0604. The second-order valence-electron chi connectivity index (χ2n) is 7.59. The first-order valence-corrected chi connectivity index (χ1v) is 8.62. The summed E-state index contributed by atoms with van der Waals surface area (Å²) in [6.45, 7) is 12.9. The summed E-state index contributed by atoms with van der Waals surface area (Å²) in [6.07, 6.45) is 4.55. The van der Waals surface area contributed by atoms with Gasteiger partial charge in [0, 0.05) is 5.33 Å². The van der Waals surface area contributed by atoms with E-state index in [-0.39, 0.29) is 0 Å². The van der Waals surface area contributed by atoms with Gasteiger partial charge >= 0.3 is 0 Å². The lowest BCUT2D eigenvalue weighted by atomic mass is 9.70. The highest BCUT2D eigenvalue weighted by molar-refractivity contribution is 9.09. The van der Waals surface area contributed by atoms with Crippen molar-refractivity contribution < 1.29 is 4.74 Å². The molecule has 2 aliphatic carbocycles. The Hall–Kier alpha value is 0.440. The molecule has 4 unspecified atom stereocenters. The van der Waals surface area contributed by atoms with E-state index in [1.54, 1.807) is 0 Å². The molecule has 0 N–H and O–H groups in total. The molecule has 106 valence electrons. The molecule has 1 nitrogen and oxygen atoms in total. The molecule has 2 rings (SSSR count). The summed E-state index contributed by atoms with van der Waals surface area (Å²) in [4.78, 5) is 0. The van der Waals surface area contributed by atoms with Gasteiger partial charge in [-0.15, -0.1) is 0 Å². The summed E-state index contributed by atoms with van der Waals surface area (Å²) >= 11 is 3.62. The van der Waals surface area contributed by atoms with E-state index in [4.69, 9.17) is 4.74 Å². The van der Waals surface area contributed by atoms with Crippen LogP contribution in [0, 0.1) is 28.6 Å². The van der Waals surface area contributed by atoms with Crippen molar-refractivity contribution in [2.75, 3.05) is 11.9 Å². The fourth-order valence-corrected chi connectivity index (χ4v) is 4.97. The Bertz CT molecular complexity index is 299. The van der Waals surface area contributed by atoms with Crippen LogP contribution < -0.4 is 0 Å². The van der Waals surface area contributed by atoms with Crippen LogP contribution in [0.25, 0.3) is 0 Å². The number of fused-ring (bicyclic) bond motifs is 2. The molecule has 0 aromatic carbocycles. The van der Waals surface area contributed by atoms with E-state index in [2.05, 4.69) is 50.5 Å². The quantitative estimate of drug-likeness (QED) is 0.656. The van der Waals surface area contributed by atoms with Crippen molar-refractivity contribution >= 4 is 15.9 Å². The van der Waals surface area contributed by atoms with Gasteiger partial charge in [-0.2, -0.15) is 0 Å². The van der Waals surface area contributed by atoms with Crippen molar-refractivity contribution in [1.29, 1.82) is 0 Å². The minimum Gasteiger partial charge on any atom is -0.377 e. The molecule has 4 atom stereocenters. The monoisotopic (exact) mass is 316 g/mol. The molecule has 2 bridgehead atoms. The van der Waals surface area contributed by atoms with E-state index in [0.29, 0.717) is 28.8 Å². The van der Waals surface area contributed by atoms with Crippen LogP contribution in [-0.4, -0.2) is 18.0 Å². The standard InChI is InChI=1S/C16H29BrO/c1-11(2)12(9-17)10-18-14-8-13-6-7-16(14,5)15(13,3)4/h11-14H,6-10H2,1-5H3. The molecule has 0 aliphatic heterocycles. The van der Waals surface area contributed by atoms with Gasteiger partial charge in [-0.25, -0.2) is 0 Å². The maximum Gasteiger partial charge on any atom is 0.0636 e. The zero-order chi connectivity index (χ0) is 13.6. The maximum absolute atomic E-state index is 6.36. The van der Waals surface area contributed by atoms with E-state index in [1.807, 2.05) is 0 Å². The van der Waals surface area contributed by atoms with Crippen LogP contribution in [0.3, 0.4) is 0 Å². The second-order valence-corrected chi connectivity index (χ2v) is 8.24. The van der Waals surface area contributed by atoms with E-state index >= 15 is 0 Å². The van der Waals surface area contributed by atoms with Gasteiger partial charge in [-0.05, 0) is 47.8 Å². The first-order chi connectivity index (χ1) is 8.33. The molecule has 0 saturated heterocycles. The number of hydrogen-bond donors (Lipinski definition) is 0. The Kier molecular flexibility index (Phi) is 4.19. The molecule has 0 aromatic heterocycles. The van der Waals surface area contributed by atoms with E-state index in [1.165, 1.54) is 19.3 Å². The smallest absolute Gasteiger partial charge is 0.0636 e.